The molecule has 1 N–H and O–H groups in total. The number of urea groups is 1. The van der Waals surface area contributed by atoms with Crippen LogP contribution in [-0.2, 0) is 0 Å². The van der Waals surface area contributed by atoms with Gasteiger partial charge in [-0.05, 0) is 69.9 Å². The van der Waals surface area contributed by atoms with Crippen molar-refractivity contribution >= 4 is 11.8 Å². The van der Waals surface area contributed by atoms with Crippen molar-refractivity contribution in [3.8, 4) is 0 Å². The van der Waals surface area contributed by atoms with Gasteiger partial charge in [-0.1, -0.05) is 6.07 Å². The first kappa shape index (κ1) is 16.7. The van der Waals surface area contributed by atoms with Crippen molar-refractivity contribution < 1.29 is 4.79 Å². The molecule has 1 saturated heterocycles. The minimum absolute atomic E-state index is 0.175. The summed E-state index contributed by atoms with van der Waals surface area (Å²) in [5.41, 5.74) is 1.19. The van der Waals surface area contributed by atoms with Crippen LogP contribution in [0.5, 0.6) is 0 Å². The summed E-state index contributed by atoms with van der Waals surface area (Å²) in [5.74, 6) is 1.79. The van der Waals surface area contributed by atoms with Crippen molar-refractivity contribution in [2.75, 3.05) is 18.0 Å². The molecule has 1 atom stereocenters. The highest BCUT2D eigenvalue weighted by Gasteiger charge is 2.42. The van der Waals surface area contributed by atoms with E-state index in [-0.39, 0.29) is 6.03 Å². The Morgan fingerprint density at radius 2 is 1.92 bits per heavy atom. The fraction of sp³-hybridized carbons (Fsp3) is 0.700. The van der Waals surface area contributed by atoms with Crippen molar-refractivity contribution in [1.29, 1.82) is 0 Å². The quantitative estimate of drug-likeness (QED) is 0.893. The van der Waals surface area contributed by atoms with Crippen molar-refractivity contribution in [1.82, 2.24) is 15.2 Å². The van der Waals surface area contributed by atoms with E-state index in [9.17, 15) is 4.79 Å². The first-order valence-corrected chi connectivity index (χ1v) is 9.88. The third-order valence-electron chi connectivity index (χ3n) is 5.96. The summed E-state index contributed by atoms with van der Waals surface area (Å²) in [4.78, 5) is 21.9. The number of hydrogen-bond acceptors (Lipinski definition) is 3. The van der Waals surface area contributed by atoms with E-state index < -0.39 is 0 Å². The highest BCUT2D eigenvalue weighted by molar-refractivity contribution is 5.75. The number of aryl methyl sites for hydroxylation is 1. The average Bonchev–Trinajstić information content (AvgIpc) is 3.49. The highest BCUT2D eigenvalue weighted by atomic mass is 16.2. The van der Waals surface area contributed by atoms with Gasteiger partial charge in [0.05, 0.1) is 0 Å². The van der Waals surface area contributed by atoms with Crippen molar-refractivity contribution in [3.63, 3.8) is 0 Å². The molecular weight excluding hydrogens is 312 g/mol. The number of rotatable bonds is 5. The van der Waals surface area contributed by atoms with Crippen molar-refractivity contribution in [2.45, 2.75) is 70.5 Å². The molecule has 3 aliphatic rings. The van der Waals surface area contributed by atoms with Gasteiger partial charge in [0.2, 0.25) is 0 Å². The first-order chi connectivity index (χ1) is 12.1. The van der Waals surface area contributed by atoms with E-state index in [1.54, 1.807) is 0 Å². The summed E-state index contributed by atoms with van der Waals surface area (Å²) in [6, 6.07) is 5.58. The Hall–Kier alpha value is -1.78. The van der Waals surface area contributed by atoms with Gasteiger partial charge in [0.1, 0.15) is 5.82 Å². The second-order valence-corrected chi connectivity index (χ2v) is 8.12. The van der Waals surface area contributed by atoms with Crippen LogP contribution < -0.4 is 10.2 Å². The van der Waals surface area contributed by atoms with E-state index in [0.29, 0.717) is 18.1 Å². The fourth-order valence-corrected chi connectivity index (χ4v) is 3.99. The van der Waals surface area contributed by atoms with E-state index in [2.05, 4.69) is 46.1 Å². The summed E-state index contributed by atoms with van der Waals surface area (Å²) in [6.45, 7) is 6.22. The number of aromatic nitrogens is 1. The molecule has 136 valence electrons. The minimum Gasteiger partial charge on any atom is -0.356 e. The number of piperidine rings is 1. The van der Waals surface area contributed by atoms with Crippen molar-refractivity contribution in [3.05, 3.63) is 23.9 Å². The predicted octanol–water partition coefficient (Wildman–Crippen LogP) is 3.33. The molecule has 2 amide bonds. The lowest BCUT2D eigenvalue weighted by Gasteiger charge is -2.36. The zero-order valence-electron chi connectivity index (χ0n) is 15.4. The van der Waals surface area contributed by atoms with Gasteiger partial charge in [-0.25, -0.2) is 9.78 Å². The van der Waals surface area contributed by atoms with Crippen LogP contribution in [0.15, 0.2) is 18.3 Å². The molecule has 0 radical (unpaired) electrons. The summed E-state index contributed by atoms with van der Waals surface area (Å²) >= 11 is 0. The number of nitrogens with one attached hydrogen (secondary N) is 1. The predicted molar refractivity (Wildman–Crippen MR) is 99.8 cm³/mol. The third kappa shape index (κ3) is 3.91. The maximum atomic E-state index is 12.8. The third-order valence-corrected chi connectivity index (χ3v) is 5.96. The topological polar surface area (TPSA) is 48.5 Å². The molecule has 1 aliphatic heterocycles. The normalized spacial score (nSPS) is 22.6. The van der Waals surface area contributed by atoms with Crippen LogP contribution in [0, 0.1) is 12.8 Å². The molecule has 0 spiro atoms. The molecule has 25 heavy (non-hydrogen) atoms. The Morgan fingerprint density at radius 1 is 1.20 bits per heavy atom. The number of carbonyl (C=O) groups is 1. The van der Waals surface area contributed by atoms with Gasteiger partial charge < -0.3 is 15.1 Å². The number of pyridine rings is 1. The molecule has 0 bridgehead atoms. The van der Waals surface area contributed by atoms with E-state index in [1.807, 2.05) is 6.20 Å². The maximum Gasteiger partial charge on any atom is 0.318 e. The second-order valence-electron chi connectivity index (χ2n) is 8.12. The van der Waals surface area contributed by atoms with Crippen LogP contribution in [0.25, 0.3) is 0 Å². The lowest BCUT2D eigenvalue weighted by Crippen LogP contribution is -2.52. The van der Waals surface area contributed by atoms with Crippen LogP contribution in [0.2, 0.25) is 0 Å². The minimum atomic E-state index is 0.175. The molecule has 5 heteroatoms. The molecule has 1 aromatic rings. The number of nitrogens with zero attached hydrogens (tertiary/aromatic N) is 3. The Balaban J connectivity index is 1.30. The van der Waals surface area contributed by atoms with Crippen LogP contribution in [0.3, 0.4) is 0 Å². The van der Waals surface area contributed by atoms with Gasteiger partial charge in [0.15, 0.2) is 0 Å². The smallest absolute Gasteiger partial charge is 0.318 e. The van der Waals surface area contributed by atoms with Crippen molar-refractivity contribution in [2.24, 2.45) is 5.92 Å². The summed E-state index contributed by atoms with van der Waals surface area (Å²) in [7, 11) is 0. The van der Waals surface area contributed by atoms with Gasteiger partial charge >= 0.3 is 6.03 Å². The van der Waals surface area contributed by atoms with Crippen LogP contribution >= 0.6 is 0 Å². The van der Waals surface area contributed by atoms with Crippen LogP contribution in [0.4, 0.5) is 10.6 Å². The Kier molecular flexibility index (Phi) is 4.57. The molecule has 3 fully saturated rings. The molecular formula is C20H30N4O. The highest BCUT2D eigenvalue weighted by Crippen LogP contribution is 2.39. The monoisotopic (exact) mass is 342 g/mol. The van der Waals surface area contributed by atoms with Gasteiger partial charge in [0.25, 0.3) is 0 Å². The number of hydrogen-bond donors (Lipinski definition) is 1. The SMILES string of the molecule is Cc1ccc(N2CCC(NC(=O)N(C3CC3)[C@H](C)C3CC3)CC2)nc1. The Labute approximate surface area is 150 Å². The zero-order chi connectivity index (χ0) is 17.4. The Morgan fingerprint density at radius 3 is 2.48 bits per heavy atom. The fourth-order valence-electron chi connectivity index (χ4n) is 3.99. The standard InChI is InChI=1S/C20H30N4O/c1-14-3-8-19(21-13-14)23-11-9-17(10-12-23)22-20(25)24(18-6-7-18)15(2)16-4-5-16/h3,8,13,15-18H,4-7,9-12H2,1-2H3,(H,22,25)/t15-/m1/s1. The van der Waals surface area contributed by atoms with Gasteiger partial charge in [-0.3, -0.25) is 0 Å². The lowest BCUT2D eigenvalue weighted by molar-refractivity contribution is 0.161. The second kappa shape index (κ2) is 6.85. The van der Waals surface area contributed by atoms with E-state index in [4.69, 9.17) is 0 Å². The molecule has 0 aromatic carbocycles. The molecule has 1 aromatic heterocycles. The summed E-state index contributed by atoms with van der Waals surface area (Å²) in [5, 5.41) is 3.32. The average molecular weight is 342 g/mol. The van der Waals surface area contributed by atoms with Gasteiger partial charge in [0, 0.05) is 37.4 Å². The van der Waals surface area contributed by atoms with Gasteiger partial charge in [-0.2, -0.15) is 0 Å². The molecule has 2 saturated carbocycles. The Bertz CT molecular complexity index is 601. The van der Waals surface area contributed by atoms with E-state index in [0.717, 1.165) is 37.7 Å². The largest absolute Gasteiger partial charge is 0.356 e. The molecule has 0 unspecified atom stereocenters. The van der Waals surface area contributed by atoms with Gasteiger partial charge in [-0.15, -0.1) is 0 Å². The summed E-state index contributed by atoms with van der Waals surface area (Å²) in [6.07, 6.45) is 8.87. The number of carbonyl (C=O) groups excluding carboxylic acids is 1. The molecule has 2 aliphatic carbocycles. The van der Waals surface area contributed by atoms with Crippen LogP contribution in [0.1, 0.15) is 51.0 Å². The number of amides is 2. The lowest BCUT2D eigenvalue weighted by atomic mass is 10.0. The molecule has 5 nitrogen and oxygen atoms in total. The van der Waals surface area contributed by atoms with E-state index >= 15 is 0 Å². The molecule has 4 rings (SSSR count). The first-order valence-electron chi connectivity index (χ1n) is 9.88. The van der Waals surface area contributed by atoms with Crippen LogP contribution in [-0.4, -0.2) is 47.1 Å². The number of anilines is 1. The maximum absolute atomic E-state index is 12.8. The zero-order valence-corrected chi connectivity index (χ0v) is 15.4. The van der Waals surface area contributed by atoms with E-state index in [1.165, 1.54) is 31.2 Å². The molecule has 2 heterocycles. The summed E-state index contributed by atoms with van der Waals surface area (Å²) < 4.78 is 0.